The van der Waals surface area contributed by atoms with E-state index in [2.05, 4.69) is 22.2 Å². The van der Waals surface area contributed by atoms with Crippen LogP contribution in [0.3, 0.4) is 0 Å². The smallest absolute Gasteiger partial charge is 0.313 e. The van der Waals surface area contributed by atoms with E-state index >= 15 is 0 Å². The molecule has 0 aromatic heterocycles. The number of aryl methyl sites for hydroxylation is 1. The number of nitrogens with zero attached hydrogens (tertiary/aromatic N) is 4. The van der Waals surface area contributed by atoms with Crippen molar-refractivity contribution in [1.29, 1.82) is 0 Å². The molecule has 0 radical (unpaired) electrons. The predicted octanol–water partition coefficient (Wildman–Crippen LogP) is 1.78. The van der Waals surface area contributed by atoms with E-state index in [-0.39, 0.29) is 11.7 Å². The summed E-state index contributed by atoms with van der Waals surface area (Å²) in [6.45, 7) is 7.21. The van der Waals surface area contributed by atoms with E-state index in [4.69, 9.17) is 0 Å². The lowest BCUT2D eigenvalue weighted by Gasteiger charge is -2.35. The van der Waals surface area contributed by atoms with E-state index in [0.717, 1.165) is 45.4 Å². The van der Waals surface area contributed by atoms with E-state index in [1.54, 1.807) is 27.0 Å². The lowest BCUT2D eigenvalue weighted by Crippen LogP contribution is -2.47. The summed E-state index contributed by atoms with van der Waals surface area (Å²) in [7, 11) is 3.80. The quantitative estimate of drug-likeness (QED) is 0.455. The first-order valence-corrected chi connectivity index (χ1v) is 10.4. The number of hydrogen-bond donors (Lipinski definition) is 1. The Kier molecular flexibility index (Phi) is 6.72. The van der Waals surface area contributed by atoms with Gasteiger partial charge >= 0.3 is 11.8 Å². The molecule has 1 atom stereocenters. The first-order valence-electron chi connectivity index (χ1n) is 10.4. The topological polar surface area (TPSA) is 99.0 Å². The maximum atomic E-state index is 12.8. The third-order valence-corrected chi connectivity index (χ3v) is 6.54. The van der Waals surface area contributed by atoms with Gasteiger partial charge in [0.2, 0.25) is 0 Å². The van der Waals surface area contributed by atoms with Gasteiger partial charge in [0.15, 0.2) is 0 Å². The number of piperidine rings is 1. The molecule has 0 spiro atoms. The minimum atomic E-state index is -0.762. The minimum absolute atomic E-state index is 0.00444. The first-order chi connectivity index (χ1) is 14.2. The Morgan fingerprint density at radius 1 is 1.17 bits per heavy atom. The summed E-state index contributed by atoms with van der Waals surface area (Å²) in [5.74, 6) is -1.38. The number of carbonyl (C=O) groups excluding carboxylic acids is 2. The molecule has 1 N–H and O–H groups in total. The van der Waals surface area contributed by atoms with Gasteiger partial charge in [0.25, 0.3) is 5.69 Å². The number of likely N-dealkylation sites (N-methyl/N-ethyl adjacent to an activating group) is 1. The van der Waals surface area contributed by atoms with Gasteiger partial charge in [-0.1, -0.05) is 6.07 Å². The second-order valence-corrected chi connectivity index (χ2v) is 8.50. The molecule has 0 aliphatic carbocycles. The molecule has 2 heterocycles. The number of nitro benzene ring substituents is 1. The van der Waals surface area contributed by atoms with Gasteiger partial charge in [-0.2, -0.15) is 0 Å². The van der Waals surface area contributed by atoms with E-state index in [1.165, 1.54) is 11.0 Å². The third-order valence-electron chi connectivity index (χ3n) is 6.54. The van der Waals surface area contributed by atoms with Crippen molar-refractivity contribution in [3.8, 4) is 0 Å². The molecule has 0 bridgehead atoms. The van der Waals surface area contributed by atoms with Gasteiger partial charge in [0.1, 0.15) is 0 Å². The summed E-state index contributed by atoms with van der Waals surface area (Å²) in [5.41, 5.74) is 1.27. The van der Waals surface area contributed by atoms with Crippen molar-refractivity contribution in [3.63, 3.8) is 0 Å². The molecule has 2 aliphatic heterocycles. The molecule has 2 fully saturated rings. The van der Waals surface area contributed by atoms with Gasteiger partial charge in [0.05, 0.1) is 16.2 Å². The summed E-state index contributed by atoms with van der Waals surface area (Å²) in [6, 6.07) is 3.52. The Labute approximate surface area is 177 Å². The average molecular weight is 418 g/mol. The van der Waals surface area contributed by atoms with Crippen LogP contribution in [0, 0.1) is 24.0 Å². The van der Waals surface area contributed by atoms with Gasteiger partial charge in [-0.25, -0.2) is 0 Å². The van der Waals surface area contributed by atoms with Crippen LogP contribution in [0.15, 0.2) is 12.1 Å². The van der Waals surface area contributed by atoms with Crippen LogP contribution < -0.4 is 5.32 Å². The van der Waals surface area contributed by atoms with E-state index in [0.29, 0.717) is 22.9 Å². The van der Waals surface area contributed by atoms with Crippen molar-refractivity contribution in [3.05, 3.63) is 33.4 Å². The van der Waals surface area contributed by atoms with Crippen molar-refractivity contribution in [2.75, 3.05) is 45.6 Å². The van der Waals surface area contributed by atoms with Crippen LogP contribution in [-0.2, 0) is 9.59 Å². The van der Waals surface area contributed by atoms with Crippen LogP contribution in [-0.4, -0.2) is 83.8 Å². The molecule has 164 valence electrons. The lowest BCUT2D eigenvalue weighted by molar-refractivity contribution is -0.385. The van der Waals surface area contributed by atoms with Crippen LogP contribution in [0.25, 0.3) is 0 Å². The summed E-state index contributed by atoms with van der Waals surface area (Å²) in [6.07, 6.45) is 3.11. The maximum Gasteiger partial charge on any atom is 0.313 e. The minimum Gasteiger partial charge on any atom is -0.333 e. The predicted molar refractivity (Wildman–Crippen MR) is 114 cm³/mol. The third kappa shape index (κ3) is 4.62. The highest BCUT2D eigenvalue weighted by Gasteiger charge is 2.35. The summed E-state index contributed by atoms with van der Waals surface area (Å²) in [5, 5.41) is 13.8. The fourth-order valence-electron chi connectivity index (χ4n) is 4.50. The molecule has 9 nitrogen and oxygen atoms in total. The molecule has 30 heavy (non-hydrogen) atoms. The average Bonchev–Trinajstić information content (AvgIpc) is 3.20. The summed E-state index contributed by atoms with van der Waals surface area (Å²) < 4.78 is 0. The summed E-state index contributed by atoms with van der Waals surface area (Å²) >= 11 is 0. The number of nitrogens with one attached hydrogen (secondary N) is 1. The normalized spacial score (nSPS) is 20.9. The fraction of sp³-hybridized carbons (Fsp3) is 0.619. The number of carbonyl (C=O) groups is 2. The Bertz CT molecular complexity index is 835. The standard InChI is InChI=1S/C21H31N5O4/c1-14-5-6-18(26(29)30)15(2)19(14)22-20(27)21(28)24(4)17-9-12-25(13-17)16-7-10-23(3)11-8-16/h5-6,16-17H,7-13H2,1-4H3,(H,22,27). The summed E-state index contributed by atoms with van der Waals surface area (Å²) in [4.78, 5) is 42.4. The molecule has 2 amide bonds. The zero-order valence-electron chi connectivity index (χ0n) is 18.2. The second kappa shape index (κ2) is 9.09. The van der Waals surface area contributed by atoms with Crippen molar-refractivity contribution >= 4 is 23.2 Å². The van der Waals surface area contributed by atoms with Crippen molar-refractivity contribution < 1.29 is 14.5 Å². The molecule has 2 aliphatic rings. The van der Waals surface area contributed by atoms with Crippen molar-refractivity contribution in [2.45, 2.75) is 45.2 Å². The number of nitro groups is 1. The Balaban J connectivity index is 1.62. The maximum absolute atomic E-state index is 12.8. The molecule has 3 rings (SSSR count). The molecule has 1 aromatic carbocycles. The van der Waals surface area contributed by atoms with Crippen molar-refractivity contribution in [2.24, 2.45) is 0 Å². The molecule has 9 heteroatoms. The zero-order valence-corrected chi connectivity index (χ0v) is 18.2. The Morgan fingerprint density at radius 3 is 2.47 bits per heavy atom. The van der Waals surface area contributed by atoms with E-state index < -0.39 is 16.7 Å². The van der Waals surface area contributed by atoms with Crippen LogP contribution >= 0.6 is 0 Å². The van der Waals surface area contributed by atoms with E-state index in [9.17, 15) is 19.7 Å². The van der Waals surface area contributed by atoms with E-state index in [1.807, 2.05) is 0 Å². The highest BCUT2D eigenvalue weighted by molar-refractivity contribution is 6.39. The number of anilines is 1. The number of hydrogen-bond acceptors (Lipinski definition) is 6. The molecular weight excluding hydrogens is 386 g/mol. The van der Waals surface area contributed by atoms with Crippen LogP contribution in [0.2, 0.25) is 0 Å². The number of benzene rings is 1. The Hall–Kier alpha value is -2.52. The first kappa shape index (κ1) is 22.2. The largest absolute Gasteiger partial charge is 0.333 e. The van der Waals surface area contributed by atoms with Crippen LogP contribution in [0.1, 0.15) is 30.4 Å². The highest BCUT2D eigenvalue weighted by atomic mass is 16.6. The lowest BCUT2D eigenvalue weighted by atomic mass is 10.0. The van der Waals surface area contributed by atoms with Gasteiger partial charge in [-0.15, -0.1) is 0 Å². The monoisotopic (exact) mass is 417 g/mol. The number of rotatable bonds is 4. The molecule has 1 unspecified atom stereocenters. The van der Waals surface area contributed by atoms with Crippen molar-refractivity contribution in [1.82, 2.24) is 14.7 Å². The zero-order chi connectivity index (χ0) is 22.0. The SMILES string of the molecule is Cc1ccc([N+](=O)[O-])c(C)c1NC(=O)C(=O)N(C)C1CCN(C2CCN(C)CC2)C1. The number of likely N-dealkylation sites (tertiary alicyclic amines) is 2. The molecular formula is C21H31N5O4. The fourth-order valence-corrected chi connectivity index (χ4v) is 4.50. The molecule has 0 saturated carbocycles. The van der Waals surface area contributed by atoms with Gasteiger partial charge < -0.3 is 15.1 Å². The highest BCUT2D eigenvalue weighted by Crippen LogP contribution is 2.29. The molecule has 1 aromatic rings. The van der Waals surface area contributed by atoms with Gasteiger partial charge in [-0.3, -0.25) is 24.6 Å². The van der Waals surface area contributed by atoms with Gasteiger partial charge in [0, 0.05) is 38.3 Å². The second-order valence-electron chi connectivity index (χ2n) is 8.50. The van der Waals surface area contributed by atoms with Crippen LogP contribution in [0.5, 0.6) is 0 Å². The Morgan fingerprint density at radius 2 is 1.83 bits per heavy atom. The van der Waals surface area contributed by atoms with Crippen LogP contribution in [0.4, 0.5) is 11.4 Å². The van der Waals surface area contributed by atoms with Gasteiger partial charge in [-0.05, 0) is 58.8 Å². The molecule has 2 saturated heterocycles. The number of amides is 2.